The van der Waals surface area contributed by atoms with Gasteiger partial charge in [0.15, 0.2) is 0 Å². The van der Waals surface area contributed by atoms with Crippen LogP contribution in [0.3, 0.4) is 0 Å². The fourth-order valence-electron chi connectivity index (χ4n) is 1.97. The van der Waals surface area contributed by atoms with Crippen LogP contribution in [-0.4, -0.2) is 16.0 Å². The van der Waals surface area contributed by atoms with Gasteiger partial charge in [0.1, 0.15) is 6.33 Å². The van der Waals surface area contributed by atoms with Crippen LogP contribution in [0, 0.1) is 0 Å². The third kappa shape index (κ3) is 1.70. The lowest BCUT2D eigenvalue weighted by molar-refractivity contribution is 0.991. The van der Waals surface area contributed by atoms with Crippen LogP contribution in [0.4, 0.5) is 0 Å². The van der Waals surface area contributed by atoms with Crippen LogP contribution >= 0.6 is 0 Å². The Morgan fingerprint density at radius 2 is 1.62 bits per heavy atom. The minimum Gasteiger partial charge on any atom is -0.327 e. The summed E-state index contributed by atoms with van der Waals surface area (Å²) in [6.07, 6.45) is 6.31. The number of aromatic nitrogens is 2. The minimum atomic E-state index is 0.367. The van der Waals surface area contributed by atoms with E-state index in [-0.39, 0.29) is 0 Å². The van der Waals surface area contributed by atoms with Crippen LogP contribution < -0.4 is 5.73 Å². The van der Waals surface area contributed by atoms with Gasteiger partial charge in [-0.2, -0.15) is 0 Å². The Morgan fingerprint density at radius 3 is 2.19 bits per heavy atom. The van der Waals surface area contributed by atoms with Crippen molar-refractivity contribution < 1.29 is 0 Å². The minimum absolute atomic E-state index is 0.367. The van der Waals surface area contributed by atoms with Gasteiger partial charge in [0.05, 0.1) is 0 Å². The van der Waals surface area contributed by atoms with Crippen LogP contribution in [0.5, 0.6) is 0 Å². The van der Waals surface area contributed by atoms with E-state index in [0.29, 0.717) is 12.0 Å². The van der Waals surface area contributed by atoms with Crippen LogP contribution in [0.1, 0.15) is 17.9 Å². The quantitative estimate of drug-likeness (QED) is 0.826. The second kappa shape index (κ2) is 3.68. The fourth-order valence-corrected chi connectivity index (χ4v) is 1.97. The molecule has 2 aromatic rings. The van der Waals surface area contributed by atoms with Crippen molar-refractivity contribution in [2.45, 2.75) is 18.4 Å². The normalized spacial score (nSPS) is 23.1. The maximum atomic E-state index is 5.83. The Labute approximate surface area is 94.4 Å². The van der Waals surface area contributed by atoms with Crippen molar-refractivity contribution in [2.75, 3.05) is 0 Å². The van der Waals surface area contributed by atoms with Crippen LogP contribution in [0.2, 0.25) is 0 Å². The van der Waals surface area contributed by atoms with Gasteiger partial charge in [0, 0.05) is 29.9 Å². The van der Waals surface area contributed by atoms with E-state index in [1.807, 2.05) is 12.4 Å². The highest BCUT2D eigenvalue weighted by atomic mass is 14.8. The molecule has 0 spiro atoms. The molecule has 1 aromatic carbocycles. The molecule has 1 fully saturated rings. The fraction of sp³-hybridized carbons (Fsp3) is 0.231. The van der Waals surface area contributed by atoms with Gasteiger partial charge in [-0.25, -0.2) is 9.97 Å². The van der Waals surface area contributed by atoms with Crippen LogP contribution in [-0.2, 0) is 0 Å². The van der Waals surface area contributed by atoms with Crippen molar-refractivity contribution in [2.24, 2.45) is 5.73 Å². The van der Waals surface area contributed by atoms with E-state index in [2.05, 4.69) is 34.2 Å². The standard InChI is InChI=1S/C13H13N3/c14-13-5-12(13)10-3-1-9(2-4-10)11-6-15-8-16-7-11/h1-4,6-8,12-13H,5,14H2. The highest BCUT2D eigenvalue weighted by molar-refractivity contribution is 5.61. The zero-order chi connectivity index (χ0) is 11.0. The second-order valence-corrected chi connectivity index (χ2v) is 4.26. The molecule has 2 unspecified atom stereocenters. The van der Waals surface area contributed by atoms with Gasteiger partial charge in [-0.15, -0.1) is 0 Å². The van der Waals surface area contributed by atoms with Crippen molar-refractivity contribution in [3.8, 4) is 11.1 Å². The van der Waals surface area contributed by atoms with Gasteiger partial charge in [0.25, 0.3) is 0 Å². The van der Waals surface area contributed by atoms with E-state index in [1.165, 1.54) is 5.56 Å². The molecule has 0 radical (unpaired) electrons. The molecular weight excluding hydrogens is 198 g/mol. The van der Waals surface area contributed by atoms with Gasteiger partial charge in [-0.3, -0.25) is 0 Å². The van der Waals surface area contributed by atoms with E-state index in [0.717, 1.165) is 17.5 Å². The monoisotopic (exact) mass is 211 g/mol. The first-order valence-electron chi connectivity index (χ1n) is 5.45. The number of nitrogens with zero attached hydrogens (tertiary/aromatic N) is 2. The molecule has 2 atom stereocenters. The molecule has 3 nitrogen and oxygen atoms in total. The smallest absolute Gasteiger partial charge is 0.115 e. The molecule has 0 bridgehead atoms. The Hall–Kier alpha value is -1.74. The largest absolute Gasteiger partial charge is 0.327 e. The summed E-state index contributed by atoms with van der Waals surface area (Å²) in [5.41, 5.74) is 9.37. The second-order valence-electron chi connectivity index (χ2n) is 4.26. The Bertz CT molecular complexity index is 478. The average Bonchev–Trinajstić information content (AvgIpc) is 3.08. The van der Waals surface area contributed by atoms with Gasteiger partial charge in [-0.1, -0.05) is 24.3 Å². The molecule has 1 heterocycles. The predicted molar refractivity (Wildman–Crippen MR) is 62.8 cm³/mol. The predicted octanol–water partition coefficient (Wildman–Crippen LogP) is 1.96. The molecule has 0 amide bonds. The van der Waals surface area contributed by atoms with Gasteiger partial charge in [-0.05, 0) is 17.5 Å². The SMILES string of the molecule is NC1CC1c1ccc(-c2cncnc2)cc1. The summed E-state index contributed by atoms with van der Waals surface area (Å²) < 4.78 is 0. The van der Waals surface area contributed by atoms with E-state index in [4.69, 9.17) is 5.73 Å². The number of hydrogen-bond acceptors (Lipinski definition) is 3. The molecule has 0 aliphatic heterocycles. The summed E-state index contributed by atoms with van der Waals surface area (Å²) in [6.45, 7) is 0. The summed E-state index contributed by atoms with van der Waals surface area (Å²) in [7, 11) is 0. The summed E-state index contributed by atoms with van der Waals surface area (Å²) in [5, 5.41) is 0. The van der Waals surface area contributed by atoms with Crippen molar-refractivity contribution in [1.29, 1.82) is 0 Å². The van der Waals surface area contributed by atoms with E-state index in [1.54, 1.807) is 6.33 Å². The highest BCUT2D eigenvalue weighted by Gasteiger charge is 2.34. The van der Waals surface area contributed by atoms with E-state index < -0.39 is 0 Å². The number of hydrogen-bond donors (Lipinski definition) is 1. The van der Waals surface area contributed by atoms with E-state index in [9.17, 15) is 0 Å². The lowest BCUT2D eigenvalue weighted by Crippen LogP contribution is -2.00. The first-order chi connectivity index (χ1) is 7.84. The molecule has 16 heavy (non-hydrogen) atoms. The van der Waals surface area contributed by atoms with Crippen molar-refractivity contribution in [3.63, 3.8) is 0 Å². The first-order valence-corrected chi connectivity index (χ1v) is 5.45. The van der Waals surface area contributed by atoms with Gasteiger partial charge >= 0.3 is 0 Å². The zero-order valence-electron chi connectivity index (χ0n) is 8.88. The third-order valence-electron chi connectivity index (χ3n) is 3.07. The molecule has 3 rings (SSSR count). The lowest BCUT2D eigenvalue weighted by atomic mass is 10.0. The van der Waals surface area contributed by atoms with Crippen molar-refractivity contribution in [3.05, 3.63) is 48.5 Å². The van der Waals surface area contributed by atoms with Gasteiger partial charge < -0.3 is 5.73 Å². The highest BCUT2D eigenvalue weighted by Crippen LogP contribution is 2.39. The molecule has 0 saturated heterocycles. The van der Waals surface area contributed by atoms with Crippen LogP contribution in [0.25, 0.3) is 11.1 Å². The summed E-state index contributed by atoms with van der Waals surface area (Å²) >= 11 is 0. The average molecular weight is 211 g/mol. The Kier molecular flexibility index (Phi) is 2.18. The third-order valence-corrected chi connectivity index (χ3v) is 3.07. The molecular formula is C13H13N3. The van der Waals surface area contributed by atoms with Gasteiger partial charge in [0.2, 0.25) is 0 Å². The molecule has 1 aliphatic carbocycles. The number of benzene rings is 1. The lowest BCUT2D eigenvalue weighted by Gasteiger charge is -2.02. The number of rotatable bonds is 2. The molecule has 1 saturated carbocycles. The molecule has 2 N–H and O–H groups in total. The molecule has 1 aliphatic rings. The summed E-state index contributed by atoms with van der Waals surface area (Å²) in [6, 6.07) is 8.89. The first kappa shape index (κ1) is 9.48. The maximum absolute atomic E-state index is 5.83. The summed E-state index contributed by atoms with van der Waals surface area (Å²) in [5.74, 6) is 0.570. The summed E-state index contributed by atoms with van der Waals surface area (Å²) in [4.78, 5) is 8.02. The Balaban J connectivity index is 1.88. The topological polar surface area (TPSA) is 51.8 Å². The molecule has 80 valence electrons. The van der Waals surface area contributed by atoms with Crippen molar-refractivity contribution in [1.82, 2.24) is 9.97 Å². The van der Waals surface area contributed by atoms with Crippen LogP contribution in [0.15, 0.2) is 43.0 Å². The maximum Gasteiger partial charge on any atom is 0.115 e. The molecule has 1 aromatic heterocycles. The number of nitrogens with two attached hydrogens (primary N) is 1. The molecule has 3 heteroatoms. The van der Waals surface area contributed by atoms with E-state index >= 15 is 0 Å². The Morgan fingerprint density at radius 1 is 1.00 bits per heavy atom. The van der Waals surface area contributed by atoms with Crippen molar-refractivity contribution >= 4 is 0 Å². The zero-order valence-corrected chi connectivity index (χ0v) is 8.88.